The van der Waals surface area contributed by atoms with Crippen molar-refractivity contribution in [2.75, 3.05) is 13.2 Å². The van der Waals surface area contributed by atoms with Crippen molar-refractivity contribution in [3.63, 3.8) is 0 Å². The maximum Gasteiger partial charge on any atom is 0.0663 e. The Bertz CT molecular complexity index is 151. The summed E-state index contributed by atoms with van der Waals surface area (Å²) in [7, 11) is 0. The molecule has 0 spiro atoms. The molecule has 2 unspecified atom stereocenters. The second kappa shape index (κ2) is 5.86. The van der Waals surface area contributed by atoms with Gasteiger partial charge in [0.05, 0.1) is 12.2 Å². The zero-order valence-electron chi connectivity index (χ0n) is 9.84. The van der Waals surface area contributed by atoms with Crippen molar-refractivity contribution in [1.82, 2.24) is 0 Å². The van der Waals surface area contributed by atoms with Gasteiger partial charge in [0, 0.05) is 19.1 Å². The standard InChI is InChI=1S/C13H23O2/c1-2-11(12-7-3-5-9-14-12)13-8-4-6-10-15-13/h12-13H,2-10H2,1H3. The lowest BCUT2D eigenvalue weighted by atomic mass is 9.85. The van der Waals surface area contributed by atoms with E-state index in [2.05, 4.69) is 6.92 Å². The number of hydrogen-bond donors (Lipinski definition) is 0. The third-order valence-electron chi connectivity index (χ3n) is 3.59. The molecule has 2 fully saturated rings. The lowest BCUT2D eigenvalue weighted by molar-refractivity contribution is -0.0345. The zero-order chi connectivity index (χ0) is 10.5. The molecule has 2 heterocycles. The highest BCUT2D eigenvalue weighted by Crippen LogP contribution is 2.32. The minimum absolute atomic E-state index is 0.395. The molecule has 2 aliphatic rings. The summed E-state index contributed by atoms with van der Waals surface area (Å²) in [5.41, 5.74) is 0. The first-order valence-electron chi connectivity index (χ1n) is 6.50. The van der Waals surface area contributed by atoms with Crippen LogP contribution in [0.15, 0.2) is 0 Å². The van der Waals surface area contributed by atoms with Crippen LogP contribution in [0, 0.1) is 5.92 Å². The Kier molecular flexibility index (Phi) is 4.45. The molecule has 0 amide bonds. The van der Waals surface area contributed by atoms with Gasteiger partial charge in [0.25, 0.3) is 0 Å². The van der Waals surface area contributed by atoms with Crippen molar-refractivity contribution in [1.29, 1.82) is 0 Å². The molecule has 2 aliphatic heterocycles. The monoisotopic (exact) mass is 211 g/mol. The third-order valence-corrected chi connectivity index (χ3v) is 3.59. The van der Waals surface area contributed by atoms with Crippen molar-refractivity contribution < 1.29 is 9.47 Å². The summed E-state index contributed by atoms with van der Waals surface area (Å²) in [5.74, 6) is 1.52. The fraction of sp³-hybridized carbons (Fsp3) is 0.923. The predicted molar refractivity (Wildman–Crippen MR) is 60.7 cm³/mol. The zero-order valence-corrected chi connectivity index (χ0v) is 9.84. The topological polar surface area (TPSA) is 18.5 Å². The minimum atomic E-state index is 0.395. The summed E-state index contributed by atoms with van der Waals surface area (Å²) in [6.07, 6.45) is 9.44. The number of rotatable bonds is 3. The molecule has 15 heavy (non-hydrogen) atoms. The van der Waals surface area contributed by atoms with Gasteiger partial charge in [-0.25, -0.2) is 0 Å². The maximum atomic E-state index is 5.87. The van der Waals surface area contributed by atoms with E-state index in [4.69, 9.17) is 9.47 Å². The van der Waals surface area contributed by atoms with Crippen LogP contribution in [0.3, 0.4) is 0 Å². The van der Waals surface area contributed by atoms with Crippen LogP contribution in [0.1, 0.15) is 51.9 Å². The smallest absolute Gasteiger partial charge is 0.0663 e. The van der Waals surface area contributed by atoms with Gasteiger partial charge in [-0.2, -0.15) is 0 Å². The Morgan fingerprint density at radius 3 is 1.80 bits per heavy atom. The van der Waals surface area contributed by atoms with Crippen LogP contribution in [-0.4, -0.2) is 25.4 Å². The Labute approximate surface area is 93.3 Å². The lowest BCUT2D eigenvalue weighted by Gasteiger charge is -2.36. The van der Waals surface area contributed by atoms with Crippen LogP contribution < -0.4 is 0 Å². The average molecular weight is 211 g/mol. The molecule has 2 nitrogen and oxygen atoms in total. The van der Waals surface area contributed by atoms with E-state index >= 15 is 0 Å². The van der Waals surface area contributed by atoms with Gasteiger partial charge in [-0.05, 0) is 44.9 Å². The molecule has 0 bridgehead atoms. The van der Waals surface area contributed by atoms with Crippen LogP contribution in [0.2, 0.25) is 0 Å². The van der Waals surface area contributed by atoms with Gasteiger partial charge in [-0.1, -0.05) is 6.92 Å². The summed E-state index contributed by atoms with van der Waals surface area (Å²) in [6, 6.07) is 0. The van der Waals surface area contributed by atoms with E-state index in [1.807, 2.05) is 0 Å². The van der Waals surface area contributed by atoms with E-state index < -0.39 is 0 Å². The van der Waals surface area contributed by atoms with Gasteiger partial charge in [-0.3, -0.25) is 0 Å². The van der Waals surface area contributed by atoms with Crippen molar-refractivity contribution in [2.45, 2.75) is 64.1 Å². The van der Waals surface area contributed by atoms with E-state index in [-0.39, 0.29) is 0 Å². The van der Waals surface area contributed by atoms with Crippen molar-refractivity contribution in [3.05, 3.63) is 5.92 Å². The summed E-state index contributed by atoms with van der Waals surface area (Å²) < 4.78 is 11.7. The summed E-state index contributed by atoms with van der Waals surface area (Å²) >= 11 is 0. The minimum Gasteiger partial charge on any atom is -0.378 e. The van der Waals surface area contributed by atoms with Crippen molar-refractivity contribution >= 4 is 0 Å². The highest BCUT2D eigenvalue weighted by atomic mass is 16.5. The van der Waals surface area contributed by atoms with Gasteiger partial charge in [0.1, 0.15) is 0 Å². The molecule has 0 aromatic heterocycles. The van der Waals surface area contributed by atoms with Crippen molar-refractivity contribution in [3.8, 4) is 0 Å². The Hall–Kier alpha value is -0.0800. The molecule has 2 saturated heterocycles. The van der Waals surface area contributed by atoms with Crippen LogP contribution in [-0.2, 0) is 9.47 Å². The van der Waals surface area contributed by atoms with Crippen LogP contribution >= 0.6 is 0 Å². The molecule has 0 aliphatic carbocycles. The Balaban J connectivity index is 1.88. The van der Waals surface area contributed by atoms with Gasteiger partial charge in [-0.15, -0.1) is 0 Å². The fourth-order valence-corrected chi connectivity index (χ4v) is 2.73. The first kappa shape index (κ1) is 11.4. The van der Waals surface area contributed by atoms with Crippen LogP contribution in [0.25, 0.3) is 0 Å². The second-order valence-corrected chi connectivity index (χ2v) is 4.64. The first-order valence-corrected chi connectivity index (χ1v) is 6.50. The molecule has 0 saturated carbocycles. The Morgan fingerprint density at radius 1 is 0.933 bits per heavy atom. The van der Waals surface area contributed by atoms with E-state index in [0.717, 1.165) is 19.6 Å². The first-order chi connectivity index (χ1) is 7.42. The summed E-state index contributed by atoms with van der Waals surface area (Å²) in [5, 5.41) is 0. The molecular weight excluding hydrogens is 188 g/mol. The molecular formula is C13H23O2. The summed E-state index contributed by atoms with van der Waals surface area (Å²) in [6.45, 7) is 4.13. The van der Waals surface area contributed by atoms with Gasteiger partial charge >= 0.3 is 0 Å². The Morgan fingerprint density at radius 2 is 1.47 bits per heavy atom. The summed E-state index contributed by atoms with van der Waals surface area (Å²) in [4.78, 5) is 0. The number of hydrogen-bond acceptors (Lipinski definition) is 2. The average Bonchev–Trinajstić information content (AvgIpc) is 2.33. The molecule has 2 heteroatoms. The molecule has 87 valence electrons. The lowest BCUT2D eigenvalue weighted by Crippen LogP contribution is -2.37. The maximum absolute atomic E-state index is 5.87. The predicted octanol–water partition coefficient (Wildman–Crippen LogP) is 3.11. The van der Waals surface area contributed by atoms with Gasteiger partial charge in [0.15, 0.2) is 0 Å². The molecule has 0 N–H and O–H groups in total. The highest BCUT2D eigenvalue weighted by Gasteiger charge is 2.32. The second-order valence-electron chi connectivity index (χ2n) is 4.64. The fourth-order valence-electron chi connectivity index (χ4n) is 2.73. The van der Waals surface area contributed by atoms with E-state index in [1.54, 1.807) is 0 Å². The molecule has 0 aromatic rings. The van der Waals surface area contributed by atoms with Crippen molar-refractivity contribution in [2.24, 2.45) is 0 Å². The number of ether oxygens (including phenoxy) is 2. The normalized spacial score (nSPS) is 33.2. The molecule has 0 aromatic carbocycles. The molecule has 1 radical (unpaired) electrons. The SMILES string of the molecule is CC[C](C1CCCCO1)C1CCCCO1. The quantitative estimate of drug-likeness (QED) is 0.714. The largest absolute Gasteiger partial charge is 0.378 e. The van der Waals surface area contributed by atoms with E-state index in [1.165, 1.54) is 44.4 Å². The van der Waals surface area contributed by atoms with Gasteiger partial charge in [0.2, 0.25) is 0 Å². The van der Waals surface area contributed by atoms with Gasteiger partial charge < -0.3 is 9.47 Å². The van der Waals surface area contributed by atoms with Crippen LogP contribution in [0.4, 0.5) is 0 Å². The van der Waals surface area contributed by atoms with Crippen LogP contribution in [0.5, 0.6) is 0 Å². The van der Waals surface area contributed by atoms with E-state index in [9.17, 15) is 0 Å². The third kappa shape index (κ3) is 2.94. The van der Waals surface area contributed by atoms with E-state index in [0.29, 0.717) is 12.2 Å². The molecule has 2 atom stereocenters. The highest BCUT2D eigenvalue weighted by molar-refractivity contribution is 5.05. The molecule has 2 rings (SSSR count).